The molecule has 0 amide bonds. The number of para-hydroxylation sites is 1. The van der Waals surface area contributed by atoms with Crippen LogP contribution in [0.5, 0.6) is 0 Å². The molecule has 1 aliphatic rings. The minimum Gasteiger partial charge on any atom is -0.456 e. The Balaban J connectivity index is 1.30. The van der Waals surface area contributed by atoms with E-state index < -0.39 is 0 Å². The monoisotopic (exact) mass is 577 g/mol. The zero-order chi connectivity index (χ0) is 29.7. The Morgan fingerprint density at radius 3 is 1.96 bits per heavy atom. The highest BCUT2D eigenvalue weighted by Gasteiger charge is 2.21. The molecule has 0 spiro atoms. The molecule has 0 aliphatic heterocycles. The molecule has 1 aliphatic carbocycles. The molecule has 0 saturated carbocycles. The minimum atomic E-state index is 0.679. The molecular weight excluding hydrogens is 550 g/mol. The number of hydrogen-bond donors (Lipinski definition) is 0. The number of aromatic nitrogens is 3. The summed E-state index contributed by atoms with van der Waals surface area (Å²) < 4.78 is 6.25. The van der Waals surface area contributed by atoms with Gasteiger partial charge in [0.05, 0.1) is 0 Å². The average Bonchev–Trinajstić information content (AvgIpc) is 3.50. The maximum absolute atomic E-state index is 6.25. The number of fused-ring (bicyclic) bond motifs is 5. The van der Waals surface area contributed by atoms with Gasteiger partial charge in [-0.2, -0.15) is 0 Å². The van der Waals surface area contributed by atoms with Crippen LogP contribution in [-0.4, -0.2) is 15.0 Å². The highest BCUT2D eigenvalue weighted by molar-refractivity contribution is 6.10. The summed E-state index contributed by atoms with van der Waals surface area (Å²) in [6.07, 6.45) is 1.68. The molecule has 4 nitrogen and oxygen atoms in total. The lowest BCUT2D eigenvalue weighted by Crippen LogP contribution is -2.33. The summed E-state index contributed by atoms with van der Waals surface area (Å²) in [5.41, 5.74) is 7.46. The highest BCUT2D eigenvalue weighted by Crippen LogP contribution is 2.36. The summed E-state index contributed by atoms with van der Waals surface area (Å²) in [6.45, 7) is 0. The van der Waals surface area contributed by atoms with Crippen LogP contribution in [-0.2, 0) is 0 Å². The van der Waals surface area contributed by atoms with E-state index in [9.17, 15) is 0 Å². The summed E-state index contributed by atoms with van der Waals surface area (Å²) >= 11 is 0. The number of rotatable bonds is 4. The second-order valence-electron chi connectivity index (χ2n) is 11.5. The van der Waals surface area contributed by atoms with Gasteiger partial charge in [-0.05, 0) is 63.4 Å². The molecule has 8 aromatic rings. The molecule has 0 radical (unpaired) electrons. The van der Waals surface area contributed by atoms with Crippen molar-refractivity contribution in [1.29, 1.82) is 0 Å². The van der Waals surface area contributed by atoms with Crippen molar-refractivity contribution in [2.24, 2.45) is 0 Å². The first kappa shape index (κ1) is 25.6. The molecule has 4 heteroatoms. The van der Waals surface area contributed by atoms with E-state index in [1.54, 1.807) is 0 Å². The number of hydrogen-bond acceptors (Lipinski definition) is 4. The largest absolute Gasteiger partial charge is 0.456 e. The molecule has 6 aromatic carbocycles. The Bertz CT molecular complexity index is 2550. The van der Waals surface area contributed by atoms with E-state index in [1.165, 1.54) is 32.3 Å². The average molecular weight is 578 g/mol. The van der Waals surface area contributed by atoms with Gasteiger partial charge >= 0.3 is 0 Å². The van der Waals surface area contributed by atoms with Crippen molar-refractivity contribution in [3.05, 3.63) is 161 Å². The molecule has 9 rings (SSSR count). The standard InChI is InChI=1S/C41H27N3O/c1-2-12-27(13-3-1)39-42-40(29-22-21-26-11-4-5-14-28(26)25-29)44-41(43-39)34-24-23-32(30-15-6-7-16-31(30)34)33-18-10-20-37-38(33)35-17-8-9-19-36(35)45-37/h1-22,25H,23-24H2. The lowest BCUT2D eigenvalue weighted by Gasteiger charge is -2.18. The van der Waals surface area contributed by atoms with Crippen LogP contribution >= 0.6 is 0 Å². The van der Waals surface area contributed by atoms with Gasteiger partial charge in [-0.1, -0.05) is 121 Å². The van der Waals surface area contributed by atoms with Gasteiger partial charge in [0.1, 0.15) is 11.2 Å². The van der Waals surface area contributed by atoms with Crippen LogP contribution in [0.1, 0.15) is 24.2 Å². The number of benzene rings is 6. The topological polar surface area (TPSA) is 51.8 Å². The second kappa shape index (κ2) is 10.4. The van der Waals surface area contributed by atoms with Gasteiger partial charge in [-0.25, -0.2) is 15.0 Å². The Morgan fingerprint density at radius 2 is 1.09 bits per heavy atom. The first-order chi connectivity index (χ1) is 22.3. The third-order valence-electron chi connectivity index (χ3n) is 8.87. The van der Waals surface area contributed by atoms with E-state index in [-0.39, 0.29) is 0 Å². The predicted octanol–water partition coefficient (Wildman–Crippen LogP) is 8.45. The number of furan rings is 1. The van der Waals surface area contributed by atoms with Crippen molar-refractivity contribution in [2.75, 3.05) is 0 Å². The van der Waals surface area contributed by atoms with Crippen molar-refractivity contribution in [2.45, 2.75) is 12.8 Å². The van der Waals surface area contributed by atoms with Crippen molar-refractivity contribution >= 4 is 43.9 Å². The molecule has 0 unspecified atom stereocenters. The summed E-state index contributed by atoms with van der Waals surface area (Å²) in [5.74, 6) is 2.09. The van der Waals surface area contributed by atoms with Crippen LogP contribution in [0.15, 0.2) is 144 Å². The van der Waals surface area contributed by atoms with Crippen LogP contribution in [0.3, 0.4) is 0 Å². The van der Waals surface area contributed by atoms with Crippen LogP contribution in [0, 0.1) is 0 Å². The van der Waals surface area contributed by atoms with Gasteiger partial charge in [0, 0.05) is 27.5 Å². The molecule has 0 fully saturated rings. The van der Waals surface area contributed by atoms with Crippen LogP contribution in [0.2, 0.25) is 0 Å². The van der Waals surface area contributed by atoms with E-state index in [2.05, 4.69) is 109 Å². The lowest BCUT2D eigenvalue weighted by molar-refractivity contribution is 0.669. The first-order valence-corrected chi connectivity index (χ1v) is 15.3. The lowest BCUT2D eigenvalue weighted by atomic mass is 9.87. The molecule has 45 heavy (non-hydrogen) atoms. The van der Waals surface area contributed by atoms with Gasteiger partial charge in [-0.3, -0.25) is 0 Å². The highest BCUT2D eigenvalue weighted by atomic mass is 16.3. The summed E-state index contributed by atoms with van der Waals surface area (Å²) in [7, 11) is 0. The SMILES string of the molecule is c1ccc(-c2nc(C3=c4ccccc4=C(c4cccc5oc6ccccc6c45)CC3)nc(-c3ccc4ccccc4c3)n2)cc1. The van der Waals surface area contributed by atoms with E-state index in [0.29, 0.717) is 11.6 Å². The predicted molar refractivity (Wildman–Crippen MR) is 182 cm³/mol. The fourth-order valence-electron chi connectivity index (χ4n) is 6.75. The molecule has 2 heterocycles. The van der Waals surface area contributed by atoms with E-state index in [4.69, 9.17) is 19.4 Å². The van der Waals surface area contributed by atoms with Gasteiger partial charge in [0.15, 0.2) is 17.5 Å². The fraction of sp³-hybridized carbons (Fsp3) is 0.0488. The molecule has 0 atom stereocenters. The number of nitrogens with zero attached hydrogens (tertiary/aromatic N) is 3. The first-order valence-electron chi connectivity index (χ1n) is 15.3. The zero-order valence-electron chi connectivity index (χ0n) is 24.4. The molecule has 0 bridgehead atoms. The fourth-order valence-corrected chi connectivity index (χ4v) is 6.75. The molecular formula is C41H27N3O. The Morgan fingerprint density at radius 1 is 0.444 bits per heavy atom. The van der Waals surface area contributed by atoms with Crippen LogP contribution in [0.25, 0.3) is 66.6 Å². The van der Waals surface area contributed by atoms with E-state index in [1.807, 2.05) is 30.3 Å². The van der Waals surface area contributed by atoms with Gasteiger partial charge < -0.3 is 4.42 Å². The summed E-state index contributed by atoms with van der Waals surface area (Å²) in [4.78, 5) is 15.3. The smallest absolute Gasteiger partial charge is 0.164 e. The maximum Gasteiger partial charge on any atom is 0.164 e. The van der Waals surface area contributed by atoms with Crippen LogP contribution in [0.4, 0.5) is 0 Å². The summed E-state index contributed by atoms with van der Waals surface area (Å²) in [5, 5.41) is 7.05. The maximum atomic E-state index is 6.25. The summed E-state index contributed by atoms with van der Waals surface area (Å²) in [6, 6.07) is 48.4. The Hall–Kier alpha value is -5.87. The Labute approximate surface area is 259 Å². The minimum absolute atomic E-state index is 0.679. The molecule has 0 saturated heterocycles. The molecule has 0 N–H and O–H groups in total. The van der Waals surface area contributed by atoms with E-state index in [0.717, 1.165) is 57.3 Å². The normalized spacial score (nSPS) is 13.1. The van der Waals surface area contributed by atoms with Gasteiger partial charge in [0.2, 0.25) is 0 Å². The third kappa shape index (κ3) is 4.34. The molecule has 212 valence electrons. The quantitative estimate of drug-likeness (QED) is 0.211. The zero-order valence-corrected chi connectivity index (χ0v) is 24.4. The molecule has 2 aromatic heterocycles. The van der Waals surface area contributed by atoms with Crippen molar-refractivity contribution in [3.8, 4) is 22.8 Å². The van der Waals surface area contributed by atoms with Crippen molar-refractivity contribution in [1.82, 2.24) is 15.0 Å². The van der Waals surface area contributed by atoms with Crippen molar-refractivity contribution in [3.63, 3.8) is 0 Å². The Kier molecular flexibility index (Phi) is 5.91. The van der Waals surface area contributed by atoms with Crippen molar-refractivity contribution < 1.29 is 4.42 Å². The second-order valence-corrected chi connectivity index (χ2v) is 11.5. The van der Waals surface area contributed by atoms with Crippen LogP contribution < -0.4 is 10.4 Å². The van der Waals surface area contributed by atoms with Gasteiger partial charge in [-0.15, -0.1) is 0 Å². The third-order valence-corrected chi connectivity index (χ3v) is 8.87. The van der Waals surface area contributed by atoms with E-state index >= 15 is 0 Å². The van der Waals surface area contributed by atoms with Gasteiger partial charge in [0.25, 0.3) is 0 Å².